The summed E-state index contributed by atoms with van der Waals surface area (Å²) in [6, 6.07) is 10.5. The summed E-state index contributed by atoms with van der Waals surface area (Å²) in [4.78, 5) is 23.6. The van der Waals surface area contributed by atoms with Crippen LogP contribution < -0.4 is 5.32 Å². The molecule has 0 saturated heterocycles. The molecule has 0 bridgehead atoms. The fraction of sp³-hybridized carbons (Fsp3) is 0.125. The van der Waals surface area contributed by atoms with E-state index in [2.05, 4.69) is 5.32 Å². The monoisotopic (exact) mass is 321 g/mol. The van der Waals surface area contributed by atoms with Gasteiger partial charge in [0, 0.05) is 0 Å². The number of esters is 1. The molecule has 0 aliphatic heterocycles. The summed E-state index contributed by atoms with van der Waals surface area (Å²) < 4.78 is 17.8. The van der Waals surface area contributed by atoms with Crippen molar-refractivity contribution in [2.24, 2.45) is 0 Å². The zero-order chi connectivity index (χ0) is 16.1. The Balaban J connectivity index is 1.93. The average Bonchev–Trinajstić information content (AvgIpc) is 2.48. The van der Waals surface area contributed by atoms with Gasteiger partial charge in [-0.2, -0.15) is 0 Å². The molecule has 114 valence electrons. The number of carbonyl (C=O) groups is 2. The molecule has 0 unspecified atom stereocenters. The maximum absolute atomic E-state index is 12.9. The average molecular weight is 322 g/mol. The van der Waals surface area contributed by atoms with Crippen LogP contribution in [-0.4, -0.2) is 18.5 Å². The minimum absolute atomic E-state index is 0.0681. The second kappa shape index (κ2) is 7.04. The molecule has 0 spiro atoms. The lowest BCUT2D eigenvalue weighted by Crippen LogP contribution is -2.21. The van der Waals surface area contributed by atoms with Gasteiger partial charge in [-0.15, -0.1) is 0 Å². The number of ether oxygens (including phenoxy) is 1. The van der Waals surface area contributed by atoms with Gasteiger partial charge < -0.3 is 10.1 Å². The number of anilines is 1. The fourth-order valence-corrected chi connectivity index (χ4v) is 2.00. The Morgan fingerprint density at radius 1 is 1.23 bits per heavy atom. The molecule has 2 aromatic carbocycles. The smallest absolute Gasteiger partial charge is 0.338 e. The van der Waals surface area contributed by atoms with Gasteiger partial charge in [-0.1, -0.05) is 29.8 Å². The first-order chi connectivity index (χ1) is 10.5. The van der Waals surface area contributed by atoms with Crippen molar-refractivity contribution in [2.75, 3.05) is 11.9 Å². The maximum atomic E-state index is 12.9. The predicted molar refractivity (Wildman–Crippen MR) is 81.5 cm³/mol. The van der Waals surface area contributed by atoms with Crippen LogP contribution in [0.5, 0.6) is 0 Å². The van der Waals surface area contributed by atoms with Crippen molar-refractivity contribution in [3.63, 3.8) is 0 Å². The molecule has 0 heterocycles. The number of benzene rings is 2. The van der Waals surface area contributed by atoms with E-state index in [0.29, 0.717) is 5.56 Å². The molecule has 4 nitrogen and oxygen atoms in total. The molecule has 0 atom stereocenters. The predicted octanol–water partition coefficient (Wildman–Crippen LogP) is 3.58. The Hall–Kier alpha value is -2.40. The fourth-order valence-electron chi connectivity index (χ4n) is 1.79. The molecule has 22 heavy (non-hydrogen) atoms. The van der Waals surface area contributed by atoms with Gasteiger partial charge in [0.25, 0.3) is 5.91 Å². The molecule has 0 aliphatic rings. The van der Waals surface area contributed by atoms with Gasteiger partial charge >= 0.3 is 5.97 Å². The minimum Gasteiger partial charge on any atom is -0.452 e. The molecule has 2 rings (SSSR count). The van der Waals surface area contributed by atoms with Gasteiger partial charge in [-0.3, -0.25) is 4.79 Å². The lowest BCUT2D eigenvalue weighted by Gasteiger charge is -2.09. The summed E-state index contributed by atoms with van der Waals surface area (Å²) in [6.07, 6.45) is 0. The van der Waals surface area contributed by atoms with Crippen molar-refractivity contribution in [3.05, 3.63) is 64.4 Å². The second-order valence-electron chi connectivity index (χ2n) is 4.56. The highest BCUT2D eigenvalue weighted by atomic mass is 35.5. The summed E-state index contributed by atoms with van der Waals surface area (Å²) in [5.74, 6) is -1.65. The molecule has 0 fully saturated rings. The van der Waals surface area contributed by atoms with E-state index >= 15 is 0 Å². The first-order valence-corrected chi connectivity index (χ1v) is 6.83. The lowest BCUT2D eigenvalue weighted by molar-refractivity contribution is -0.119. The Bertz CT molecular complexity index is 718. The summed E-state index contributed by atoms with van der Waals surface area (Å²) in [7, 11) is 0. The first-order valence-electron chi connectivity index (χ1n) is 6.45. The third-order valence-corrected chi connectivity index (χ3v) is 3.22. The van der Waals surface area contributed by atoms with Crippen molar-refractivity contribution in [1.82, 2.24) is 0 Å². The number of aryl methyl sites for hydroxylation is 1. The molecule has 0 saturated carbocycles. The van der Waals surface area contributed by atoms with Gasteiger partial charge in [0.05, 0.1) is 16.3 Å². The molecule has 1 amide bonds. The first kappa shape index (κ1) is 16.0. The Labute approximate surface area is 131 Å². The molecular weight excluding hydrogens is 309 g/mol. The zero-order valence-electron chi connectivity index (χ0n) is 11.7. The third-order valence-electron chi connectivity index (χ3n) is 2.90. The van der Waals surface area contributed by atoms with Crippen LogP contribution in [0.15, 0.2) is 42.5 Å². The Kier molecular flexibility index (Phi) is 5.12. The SMILES string of the molecule is Cc1ccccc1C(=O)OCC(=O)Nc1ccc(F)cc1Cl. The number of carbonyl (C=O) groups excluding carboxylic acids is 2. The van der Waals surface area contributed by atoms with Gasteiger partial charge in [0.15, 0.2) is 6.61 Å². The van der Waals surface area contributed by atoms with E-state index < -0.39 is 24.3 Å². The molecule has 6 heteroatoms. The van der Waals surface area contributed by atoms with Gasteiger partial charge in [0.1, 0.15) is 5.82 Å². The number of rotatable bonds is 4. The molecule has 2 aromatic rings. The lowest BCUT2D eigenvalue weighted by atomic mass is 10.1. The van der Waals surface area contributed by atoms with Crippen LogP contribution in [0.25, 0.3) is 0 Å². The highest BCUT2D eigenvalue weighted by Crippen LogP contribution is 2.22. The van der Waals surface area contributed by atoms with Crippen LogP contribution in [0.4, 0.5) is 10.1 Å². The summed E-state index contributed by atoms with van der Waals surface area (Å²) in [5, 5.41) is 2.51. The van der Waals surface area contributed by atoms with Crippen molar-refractivity contribution in [2.45, 2.75) is 6.92 Å². The quantitative estimate of drug-likeness (QED) is 0.876. The maximum Gasteiger partial charge on any atom is 0.338 e. The zero-order valence-corrected chi connectivity index (χ0v) is 12.5. The van der Waals surface area contributed by atoms with E-state index in [1.165, 1.54) is 12.1 Å². The van der Waals surface area contributed by atoms with Gasteiger partial charge in [-0.25, -0.2) is 9.18 Å². The number of hydrogen-bond donors (Lipinski definition) is 1. The van der Waals surface area contributed by atoms with Crippen molar-refractivity contribution in [3.8, 4) is 0 Å². The van der Waals surface area contributed by atoms with Crippen LogP contribution in [0.1, 0.15) is 15.9 Å². The summed E-state index contributed by atoms with van der Waals surface area (Å²) >= 11 is 5.79. The number of halogens is 2. The number of hydrogen-bond acceptors (Lipinski definition) is 3. The van der Waals surface area contributed by atoms with Crippen LogP contribution in [0.3, 0.4) is 0 Å². The summed E-state index contributed by atoms with van der Waals surface area (Å²) in [5.41, 5.74) is 1.41. The number of amides is 1. The van der Waals surface area contributed by atoms with Crippen molar-refractivity contribution in [1.29, 1.82) is 0 Å². The Morgan fingerprint density at radius 3 is 2.64 bits per heavy atom. The normalized spacial score (nSPS) is 10.1. The van der Waals surface area contributed by atoms with Gasteiger partial charge in [0.2, 0.25) is 0 Å². The highest BCUT2D eigenvalue weighted by Gasteiger charge is 2.13. The van der Waals surface area contributed by atoms with E-state index in [0.717, 1.165) is 11.6 Å². The Morgan fingerprint density at radius 2 is 1.95 bits per heavy atom. The van der Waals surface area contributed by atoms with Gasteiger partial charge in [-0.05, 0) is 36.8 Å². The van der Waals surface area contributed by atoms with E-state index in [-0.39, 0.29) is 10.7 Å². The van der Waals surface area contributed by atoms with Crippen molar-refractivity contribution >= 4 is 29.2 Å². The minimum atomic E-state index is -0.585. The van der Waals surface area contributed by atoms with Crippen molar-refractivity contribution < 1.29 is 18.7 Å². The molecular formula is C16H13ClFNO3. The second-order valence-corrected chi connectivity index (χ2v) is 4.97. The van der Waals surface area contributed by atoms with Crippen LogP contribution in [0.2, 0.25) is 5.02 Å². The highest BCUT2D eigenvalue weighted by molar-refractivity contribution is 6.33. The third kappa shape index (κ3) is 4.05. The van der Waals surface area contributed by atoms with E-state index in [1.807, 2.05) is 0 Å². The number of nitrogens with one attached hydrogen (secondary N) is 1. The standard InChI is InChI=1S/C16H13ClFNO3/c1-10-4-2-3-5-12(10)16(21)22-9-15(20)19-14-7-6-11(18)8-13(14)17/h2-8H,9H2,1H3,(H,19,20). The molecule has 1 N–H and O–H groups in total. The van der Waals surface area contributed by atoms with Crippen LogP contribution in [0, 0.1) is 12.7 Å². The molecule has 0 aromatic heterocycles. The van der Waals surface area contributed by atoms with E-state index in [4.69, 9.17) is 16.3 Å². The topological polar surface area (TPSA) is 55.4 Å². The van der Waals surface area contributed by atoms with E-state index in [9.17, 15) is 14.0 Å². The van der Waals surface area contributed by atoms with E-state index in [1.54, 1.807) is 31.2 Å². The largest absolute Gasteiger partial charge is 0.452 e. The van der Waals surface area contributed by atoms with Crippen LogP contribution in [-0.2, 0) is 9.53 Å². The summed E-state index contributed by atoms with van der Waals surface area (Å²) in [6.45, 7) is 1.32. The molecule has 0 aliphatic carbocycles. The van der Waals surface area contributed by atoms with Crippen LogP contribution >= 0.6 is 11.6 Å². The molecule has 0 radical (unpaired) electrons.